The molecule has 0 aliphatic heterocycles. The van der Waals surface area contributed by atoms with E-state index in [1.807, 2.05) is 36.7 Å². The molecule has 1 heterocycles. The zero-order chi connectivity index (χ0) is 12.3. The maximum absolute atomic E-state index is 5.19. The summed E-state index contributed by atoms with van der Waals surface area (Å²) in [6, 6.07) is 8.06. The fraction of sp³-hybridized carbons (Fsp3) is 0.333. The van der Waals surface area contributed by atoms with Gasteiger partial charge in [-0.25, -0.2) is 0 Å². The molecule has 1 aromatic heterocycles. The smallest absolute Gasteiger partial charge is 0.191 e. The van der Waals surface area contributed by atoms with E-state index in [9.17, 15) is 0 Å². The quantitative estimate of drug-likeness (QED) is 0.780. The van der Waals surface area contributed by atoms with Gasteiger partial charge in [-0.15, -0.1) is 10.2 Å². The van der Waals surface area contributed by atoms with Crippen molar-refractivity contribution in [2.24, 2.45) is 7.05 Å². The fourth-order valence-electron chi connectivity index (χ4n) is 1.42. The lowest BCUT2D eigenvalue weighted by molar-refractivity contribution is 0.414. The molecule has 0 saturated carbocycles. The Hall–Kier alpha value is -1.49. The van der Waals surface area contributed by atoms with Crippen molar-refractivity contribution >= 4 is 11.8 Å². The monoisotopic (exact) mass is 249 g/mol. The molecule has 0 saturated heterocycles. The van der Waals surface area contributed by atoms with E-state index in [-0.39, 0.29) is 0 Å². The molecule has 5 heteroatoms. The van der Waals surface area contributed by atoms with Crippen LogP contribution in [0.2, 0.25) is 0 Å². The molecule has 0 aliphatic carbocycles. The molecule has 1 aromatic carbocycles. The summed E-state index contributed by atoms with van der Waals surface area (Å²) in [6.07, 6.45) is 0. The Bertz CT molecular complexity index is 510. The molecule has 0 radical (unpaired) electrons. The number of aromatic nitrogens is 3. The van der Waals surface area contributed by atoms with E-state index >= 15 is 0 Å². The molecule has 0 amide bonds. The number of hydrogen-bond acceptors (Lipinski definition) is 4. The van der Waals surface area contributed by atoms with Crippen LogP contribution in [0.1, 0.15) is 11.4 Å². The van der Waals surface area contributed by atoms with E-state index in [1.54, 1.807) is 18.9 Å². The number of aryl methyl sites for hydroxylation is 1. The first kappa shape index (κ1) is 12.0. The maximum Gasteiger partial charge on any atom is 0.191 e. The van der Waals surface area contributed by atoms with Crippen LogP contribution in [0, 0.1) is 6.92 Å². The molecule has 0 spiro atoms. The highest BCUT2D eigenvalue weighted by Crippen LogP contribution is 2.22. The second kappa shape index (κ2) is 5.23. The molecule has 0 unspecified atom stereocenters. The fourth-order valence-corrected chi connectivity index (χ4v) is 2.32. The average molecular weight is 249 g/mol. The number of hydrogen-bond donors (Lipinski definition) is 0. The Morgan fingerprint density at radius 1 is 1.35 bits per heavy atom. The zero-order valence-corrected chi connectivity index (χ0v) is 11.0. The van der Waals surface area contributed by atoms with Crippen LogP contribution in [0.15, 0.2) is 29.4 Å². The van der Waals surface area contributed by atoms with Gasteiger partial charge in [-0.2, -0.15) is 0 Å². The van der Waals surface area contributed by atoms with Crippen LogP contribution in [0.25, 0.3) is 0 Å². The molecule has 2 aromatic rings. The minimum absolute atomic E-state index is 0.864. The SMILES string of the molecule is COc1cccc(CSc2nnc(C)n2C)c1. The van der Waals surface area contributed by atoms with Gasteiger partial charge in [0.1, 0.15) is 11.6 Å². The molecule has 17 heavy (non-hydrogen) atoms. The molecule has 90 valence electrons. The highest BCUT2D eigenvalue weighted by Gasteiger charge is 2.05. The van der Waals surface area contributed by atoms with Gasteiger partial charge < -0.3 is 9.30 Å². The first-order valence-electron chi connectivity index (χ1n) is 5.32. The van der Waals surface area contributed by atoms with Crippen molar-refractivity contribution in [3.05, 3.63) is 35.7 Å². The lowest BCUT2D eigenvalue weighted by Gasteiger charge is -2.04. The Labute approximate surface area is 105 Å². The zero-order valence-electron chi connectivity index (χ0n) is 10.2. The van der Waals surface area contributed by atoms with Crippen LogP contribution in [0.4, 0.5) is 0 Å². The van der Waals surface area contributed by atoms with Crippen molar-refractivity contribution in [2.45, 2.75) is 17.8 Å². The van der Waals surface area contributed by atoms with E-state index in [4.69, 9.17) is 4.74 Å². The molecule has 0 fully saturated rings. The van der Waals surface area contributed by atoms with Gasteiger partial charge in [-0.3, -0.25) is 0 Å². The van der Waals surface area contributed by atoms with Gasteiger partial charge in [0, 0.05) is 12.8 Å². The van der Waals surface area contributed by atoms with Crippen LogP contribution in [0.3, 0.4) is 0 Å². The normalized spacial score (nSPS) is 10.5. The molecule has 0 aliphatic rings. The third kappa shape index (κ3) is 2.79. The number of ether oxygens (including phenoxy) is 1. The van der Waals surface area contributed by atoms with Gasteiger partial charge in [-0.05, 0) is 24.6 Å². The standard InChI is InChI=1S/C12H15N3OS/c1-9-13-14-12(15(9)2)17-8-10-5-4-6-11(7-10)16-3/h4-7H,8H2,1-3H3. The number of nitrogens with zero attached hydrogens (tertiary/aromatic N) is 3. The summed E-state index contributed by atoms with van der Waals surface area (Å²) in [4.78, 5) is 0. The first-order valence-corrected chi connectivity index (χ1v) is 6.31. The Morgan fingerprint density at radius 3 is 2.82 bits per heavy atom. The summed E-state index contributed by atoms with van der Waals surface area (Å²) in [5.41, 5.74) is 1.22. The third-order valence-corrected chi connectivity index (χ3v) is 3.65. The predicted octanol–water partition coefficient (Wildman–Crippen LogP) is 2.42. The maximum atomic E-state index is 5.19. The molecule has 4 nitrogen and oxygen atoms in total. The summed E-state index contributed by atoms with van der Waals surface area (Å²) >= 11 is 1.67. The van der Waals surface area contributed by atoms with Gasteiger partial charge in [0.2, 0.25) is 0 Å². The van der Waals surface area contributed by atoms with Crippen LogP contribution >= 0.6 is 11.8 Å². The van der Waals surface area contributed by atoms with Gasteiger partial charge in [0.05, 0.1) is 7.11 Å². The van der Waals surface area contributed by atoms with Gasteiger partial charge in [0.15, 0.2) is 5.16 Å². The highest BCUT2D eigenvalue weighted by atomic mass is 32.2. The molecule has 2 rings (SSSR count). The summed E-state index contributed by atoms with van der Waals surface area (Å²) in [7, 11) is 3.65. The average Bonchev–Trinajstić information content (AvgIpc) is 2.68. The second-order valence-electron chi connectivity index (χ2n) is 3.73. The molecular weight excluding hydrogens is 234 g/mol. The van der Waals surface area contributed by atoms with E-state index in [1.165, 1.54) is 5.56 Å². The van der Waals surface area contributed by atoms with Crippen LogP contribution in [0.5, 0.6) is 5.75 Å². The number of benzene rings is 1. The molecular formula is C12H15N3OS. The number of methoxy groups -OCH3 is 1. The predicted molar refractivity (Wildman–Crippen MR) is 68.3 cm³/mol. The van der Waals surface area contributed by atoms with Crippen molar-refractivity contribution in [1.82, 2.24) is 14.8 Å². The van der Waals surface area contributed by atoms with E-state index in [2.05, 4.69) is 16.3 Å². The van der Waals surface area contributed by atoms with E-state index in [0.717, 1.165) is 22.5 Å². The van der Waals surface area contributed by atoms with Crippen LogP contribution < -0.4 is 4.74 Å². The summed E-state index contributed by atoms with van der Waals surface area (Å²) in [5, 5.41) is 9.08. The highest BCUT2D eigenvalue weighted by molar-refractivity contribution is 7.98. The van der Waals surface area contributed by atoms with Crippen LogP contribution in [-0.2, 0) is 12.8 Å². The third-order valence-electron chi connectivity index (χ3n) is 2.55. The van der Waals surface area contributed by atoms with E-state index < -0.39 is 0 Å². The van der Waals surface area contributed by atoms with Crippen molar-refractivity contribution < 1.29 is 4.74 Å². The molecule has 0 N–H and O–H groups in total. The Balaban J connectivity index is 2.04. The Kier molecular flexibility index (Phi) is 3.68. The lowest BCUT2D eigenvalue weighted by Crippen LogP contribution is -1.94. The largest absolute Gasteiger partial charge is 0.497 e. The number of rotatable bonds is 4. The minimum Gasteiger partial charge on any atom is -0.497 e. The van der Waals surface area contributed by atoms with E-state index in [0.29, 0.717) is 0 Å². The number of thioether (sulfide) groups is 1. The van der Waals surface area contributed by atoms with Crippen molar-refractivity contribution in [1.29, 1.82) is 0 Å². The van der Waals surface area contributed by atoms with Crippen molar-refractivity contribution in [2.75, 3.05) is 7.11 Å². The summed E-state index contributed by atoms with van der Waals surface area (Å²) < 4.78 is 7.18. The van der Waals surface area contributed by atoms with Crippen molar-refractivity contribution in [3.8, 4) is 5.75 Å². The second-order valence-corrected chi connectivity index (χ2v) is 4.67. The topological polar surface area (TPSA) is 39.9 Å². The minimum atomic E-state index is 0.864. The first-order chi connectivity index (χ1) is 8.20. The van der Waals surface area contributed by atoms with Gasteiger partial charge >= 0.3 is 0 Å². The van der Waals surface area contributed by atoms with Gasteiger partial charge in [0.25, 0.3) is 0 Å². The Morgan fingerprint density at radius 2 is 2.18 bits per heavy atom. The van der Waals surface area contributed by atoms with Gasteiger partial charge in [-0.1, -0.05) is 23.9 Å². The summed E-state index contributed by atoms with van der Waals surface area (Å²) in [5.74, 6) is 2.68. The lowest BCUT2D eigenvalue weighted by atomic mass is 10.2. The molecule has 0 bridgehead atoms. The van der Waals surface area contributed by atoms with Crippen molar-refractivity contribution in [3.63, 3.8) is 0 Å². The van der Waals surface area contributed by atoms with Crippen LogP contribution in [-0.4, -0.2) is 21.9 Å². The summed E-state index contributed by atoms with van der Waals surface area (Å²) in [6.45, 7) is 1.95. The molecule has 0 atom stereocenters.